The Hall–Kier alpha value is -3.39. The minimum absolute atomic E-state index is 0.0439. The van der Waals surface area contributed by atoms with Crippen molar-refractivity contribution < 1.29 is 18.8 Å². The van der Waals surface area contributed by atoms with Crippen molar-refractivity contribution in [3.8, 4) is 17.2 Å². The summed E-state index contributed by atoms with van der Waals surface area (Å²) in [5, 5.41) is 10.5. The molecule has 3 aliphatic carbocycles. The third-order valence-electron chi connectivity index (χ3n) is 6.31. The van der Waals surface area contributed by atoms with Crippen molar-refractivity contribution in [3.63, 3.8) is 0 Å². The summed E-state index contributed by atoms with van der Waals surface area (Å²) >= 11 is 6.01. The summed E-state index contributed by atoms with van der Waals surface area (Å²) in [6.45, 7) is 2.00. The molecule has 0 atom stereocenters. The molecule has 0 saturated heterocycles. The first kappa shape index (κ1) is 21.5. The second-order valence-electron chi connectivity index (χ2n) is 8.90. The summed E-state index contributed by atoms with van der Waals surface area (Å²) in [5.74, 6) is 1.20. The van der Waals surface area contributed by atoms with Gasteiger partial charge in [0.25, 0.3) is 11.8 Å². The van der Waals surface area contributed by atoms with Crippen LogP contribution in [0, 0.1) is 12.3 Å². The number of benzene rings is 2. The highest BCUT2D eigenvalue weighted by Gasteiger charge is 2.72. The molecule has 3 aromatic rings. The maximum atomic E-state index is 12.7. The van der Waals surface area contributed by atoms with Crippen LogP contribution in [0.5, 0.6) is 5.75 Å². The zero-order valence-corrected chi connectivity index (χ0v) is 18.8. The van der Waals surface area contributed by atoms with E-state index >= 15 is 0 Å². The van der Waals surface area contributed by atoms with Crippen molar-refractivity contribution in [1.82, 2.24) is 20.8 Å². The maximum absolute atomic E-state index is 12.7. The van der Waals surface area contributed by atoms with Crippen LogP contribution in [0.3, 0.4) is 0 Å². The summed E-state index contributed by atoms with van der Waals surface area (Å²) in [5.41, 5.74) is 0.988. The lowest BCUT2D eigenvalue weighted by molar-refractivity contribution is -0.184. The van der Waals surface area contributed by atoms with Gasteiger partial charge in [-0.3, -0.25) is 9.59 Å². The van der Waals surface area contributed by atoms with Gasteiger partial charge in [-0.1, -0.05) is 35.0 Å². The van der Waals surface area contributed by atoms with E-state index in [2.05, 4.69) is 20.8 Å². The average molecular weight is 467 g/mol. The normalized spacial score (nSPS) is 22.6. The number of aromatic nitrogens is 2. The number of nitrogens with one attached hydrogen (secondary N) is 2. The molecule has 6 rings (SSSR count). The molecule has 1 aromatic heterocycles. The van der Waals surface area contributed by atoms with E-state index in [9.17, 15) is 9.59 Å². The number of carbonyl (C=O) groups excluding carboxylic acids is 2. The first-order valence-electron chi connectivity index (χ1n) is 10.7. The van der Waals surface area contributed by atoms with E-state index in [1.54, 1.807) is 18.2 Å². The zero-order chi connectivity index (χ0) is 23.1. The van der Waals surface area contributed by atoms with Crippen molar-refractivity contribution in [2.45, 2.75) is 38.3 Å². The van der Waals surface area contributed by atoms with Gasteiger partial charge in [-0.25, -0.2) is 0 Å². The third-order valence-corrected chi connectivity index (χ3v) is 6.74. The number of halogens is 1. The molecule has 33 heavy (non-hydrogen) atoms. The van der Waals surface area contributed by atoms with Crippen LogP contribution in [-0.2, 0) is 16.1 Å². The van der Waals surface area contributed by atoms with Gasteiger partial charge in [-0.05, 0) is 62.1 Å². The van der Waals surface area contributed by atoms with Crippen LogP contribution < -0.4 is 15.4 Å². The molecule has 0 aliphatic heterocycles. The van der Waals surface area contributed by atoms with E-state index in [0.717, 1.165) is 11.1 Å². The Morgan fingerprint density at radius 1 is 1.15 bits per heavy atom. The second kappa shape index (κ2) is 8.19. The van der Waals surface area contributed by atoms with Crippen molar-refractivity contribution in [2.75, 3.05) is 6.61 Å². The minimum atomic E-state index is -0.423. The first-order chi connectivity index (χ1) is 15.9. The van der Waals surface area contributed by atoms with Gasteiger partial charge in [0.15, 0.2) is 12.4 Å². The Morgan fingerprint density at radius 3 is 2.64 bits per heavy atom. The largest absolute Gasteiger partial charge is 0.484 e. The standard InChI is InChI=1S/C24H23ClN4O4/c1-15-9-17(7-8-18(15)25)32-11-20(30)28-24-12-23(13-24,14-24)22(31)26-10-19-27-21(33-29-19)16-5-3-2-4-6-16/h2-9H,10-14H2,1H3,(H,26,31)(H,28,30). The number of carbonyl (C=O) groups is 2. The first-order valence-corrected chi connectivity index (χ1v) is 11.1. The molecule has 0 spiro atoms. The highest BCUT2D eigenvalue weighted by molar-refractivity contribution is 6.31. The van der Waals surface area contributed by atoms with Gasteiger partial charge >= 0.3 is 0 Å². The van der Waals surface area contributed by atoms with Crippen LogP contribution in [0.25, 0.3) is 11.5 Å². The fourth-order valence-electron chi connectivity index (χ4n) is 4.72. The number of hydrogen-bond donors (Lipinski definition) is 2. The lowest BCUT2D eigenvalue weighted by Gasteiger charge is -2.69. The monoisotopic (exact) mass is 466 g/mol. The number of rotatable bonds is 8. The fraction of sp³-hybridized carbons (Fsp3) is 0.333. The maximum Gasteiger partial charge on any atom is 0.258 e. The Bertz CT molecular complexity index is 1190. The molecule has 170 valence electrons. The second-order valence-corrected chi connectivity index (χ2v) is 9.31. The molecule has 0 radical (unpaired) electrons. The number of aryl methyl sites for hydroxylation is 1. The zero-order valence-electron chi connectivity index (χ0n) is 18.1. The Balaban J connectivity index is 1.06. The number of nitrogens with zero attached hydrogens (tertiary/aromatic N) is 2. The number of amides is 2. The van der Waals surface area contributed by atoms with E-state index in [1.807, 2.05) is 37.3 Å². The smallest absolute Gasteiger partial charge is 0.258 e. The molecule has 9 heteroatoms. The molecule has 2 N–H and O–H groups in total. The molecule has 2 aromatic carbocycles. The van der Waals surface area contributed by atoms with Crippen molar-refractivity contribution in [1.29, 1.82) is 0 Å². The summed E-state index contributed by atoms with van der Waals surface area (Å²) < 4.78 is 10.8. The van der Waals surface area contributed by atoms with Crippen LogP contribution in [0.1, 0.15) is 30.7 Å². The Kier molecular flexibility index (Phi) is 5.32. The van der Waals surface area contributed by atoms with Crippen molar-refractivity contribution in [3.05, 3.63) is 64.9 Å². The van der Waals surface area contributed by atoms with E-state index in [4.69, 9.17) is 20.9 Å². The summed E-state index contributed by atoms with van der Waals surface area (Å²) in [6.07, 6.45) is 1.87. The highest BCUT2D eigenvalue weighted by Crippen LogP contribution is 2.67. The van der Waals surface area contributed by atoms with Crippen molar-refractivity contribution >= 4 is 23.4 Å². The molecular weight excluding hydrogens is 444 g/mol. The van der Waals surface area contributed by atoms with Gasteiger partial charge in [0, 0.05) is 16.1 Å². The SMILES string of the molecule is Cc1cc(OCC(=O)NC23CC(C(=O)NCc4noc(-c5ccccc5)n4)(C2)C3)ccc1Cl. The van der Waals surface area contributed by atoms with Gasteiger partial charge in [-0.15, -0.1) is 0 Å². The van der Waals surface area contributed by atoms with E-state index < -0.39 is 5.41 Å². The van der Waals surface area contributed by atoms with Gasteiger partial charge in [0.05, 0.1) is 12.0 Å². The third kappa shape index (κ3) is 4.18. The Labute approximate surface area is 195 Å². The van der Waals surface area contributed by atoms with Crippen LogP contribution in [-0.4, -0.2) is 34.1 Å². The van der Waals surface area contributed by atoms with E-state index in [0.29, 0.717) is 41.7 Å². The van der Waals surface area contributed by atoms with Gasteiger partial charge in [0.2, 0.25) is 5.91 Å². The molecule has 2 bridgehead atoms. The molecule has 1 heterocycles. The average Bonchev–Trinajstić information content (AvgIpc) is 3.24. The molecule has 3 saturated carbocycles. The van der Waals surface area contributed by atoms with E-state index in [1.165, 1.54) is 0 Å². The molecule has 2 amide bonds. The van der Waals surface area contributed by atoms with E-state index in [-0.39, 0.29) is 30.5 Å². The Morgan fingerprint density at radius 2 is 1.91 bits per heavy atom. The summed E-state index contributed by atoms with van der Waals surface area (Å²) in [4.78, 5) is 29.3. The predicted molar refractivity (Wildman–Crippen MR) is 120 cm³/mol. The highest BCUT2D eigenvalue weighted by atomic mass is 35.5. The number of ether oxygens (including phenoxy) is 1. The predicted octanol–water partition coefficient (Wildman–Crippen LogP) is 3.43. The van der Waals surface area contributed by atoms with Crippen LogP contribution >= 0.6 is 11.6 Å². The molecule has 0 unspecified atom stereocenters. The minimum Gasteiger partial charge on any atom is -0.484 e. The van der Waals surface area contributed by atoms with Gasteiger partial charge in [-0.2, -0.15) is 4.98 Å². The summed E-state index contributed by atoms with van der Waals surface area (Å²) in [6, 6.07) is 14.7. The lowest BCUT2D eigenvalue weighted by atomic mass is 9.39. The van der Waals surface area contributed by atoms with Crippen molar-refractivity contribution in [2.24, 2.45) is 5.41 Å². The van der Waals surface area contributed by atoms with Gasteiger partial charge < -0.3 is 19.9 Å². The van der Waals surface area contributed by atoms with Crippen LogP contribution in [0.15, 0.2) is 53.1 Å². The summed E-state index contributed by atoms with van der Waals surface area (Å²) in [7, 11) is 0. The fourth-order valence-corrected chi connectivity index (χ4v) is 4.84. The lowest BCUT2D eigenvalue weighted by Crippen LogP contribution is -2.78. The topological polar surface area (TPSA) is 106 Å². The van der Waals surface area contributed by atoms with Crippen LogP contribution in [0.4, 0.5) is 0 Å². The quantitative estimate of drug-likeness (QED) is 0.526. The van der Waals surface area contributed by atoms with Crippen LogP contribution in [0.2, 0.25) is 5.02 Å². The van der Waals surface area contributed by atoms with Gasteiger partial charge in [0.1, 0.15) is 5.75 Å². The molecular formula is C24H23ClN4O4. The number of hydrogen-bond acceptors (Lipinski definition) is 6. The molecule has 3 fully saturated rings. The molecule has 3 aliphatic rings. The molecule has 8 nitrogen and oxygen atoms in total.